The minimum Gasteiger partial charge on any atom is -0.496 e. The lowest BCUT2D eigenvalue weighted by Crippen LogP contribution is -2.13. The highest BCUT2D eigenvalue weighted by atomic mass is 16.5. The molecule has 1 aliphatic rings. The molecule has 0 saturated carbocycles. The van der Waals surface area contributed by atoms with E-state index in [1.807, 2.05) is 29.1 Å². The molecule has 4 rings (SSSR count). The van der Waals surface area contributed by atoms with Crippen LogP contribution >= 0.6 is 0 Å². The predicted molar refractivity (Wildman–Crippen MR) is 90.0 cm³/mol. The summed E-state index contributed by atoms with van der Waals surface area (Å²) in [5.74, 6) is 1.48. The fourth-order valence-electron chi connectivity index (χ4n) is 2.99. The summed E-state index contributed by atoms with van der Waals surface area (Å²) in [4.78, 5) is 8.64. The quantitative estimate of drug-likeness (QED) is 0.732. The molecule has 8 heteroatoms. The number of nitrogens with one attached hydrogen (secondary N) is 2. The summed E-state index contributed by atoms with van der Waals surface area (Å²) in [6.45, 7) is 2.53. The number of fused-ring (bicyclic) bond motifs is 1. The zero-order chi connectivity index (χ0) is 16.4. The summed E-state index contributed by atoms with van der Waals surface area (Å²) in [5, 5.41) is 16.0. The Labute approximate surface area is 139 Å². The fourth-order valence-corrected chi connectivity index (χ4v) is 2.99. The third-order valence-electron chi connectivity index (χ3n) is 4.25. The molecule has 0 radical (unpaired) electrons. The molecule has 0 amide bonds. The van der Waals surface area contributed by atoms with Crippen LogP contribution < -0.4 is 15.4 Å². The van der Waals surface area contributed by atoms with Crippen LogP contribution in [0.15, 0.2) is 30.7 Å². The SMILES string of the molecule is COc1cccc2ncnc(NCc3cn(C4CCNC4)nn3)c12. The Bertz CT molecular complexity index is 836. The molecular formula is C16H19N7O. The molecule has 1 fully saturated rings. The molecule has 1 aliphatic heterocycles. The van der Waals surface area contributed by atoms with E-state index in [9.17, 15) is 0 Å². The first kappa shape index (κ1) is 14.8. The average molecular weight is 325 g/mol. The van der Waals surface area contributed by atoms with Gasteiger partial charge in [0, 0.05) is 6.54 Å². The van der Waals surface area contributed by atoms with Crippen molar-refractivity contribution in [1.29, 1.82) is 0 Å². The van der Waals surface area contributed by atoms with Gasteiger partial charge in [-0.25, -0.2) is 14.6 Å². The summed E-state index contributed by atoms with van der Waals surface area (Å²) in [6.07, 6.45) is 4.63. The van der Waals surface area contributed by atoms with Gasteiger partial charge in [-0.05, 0) is 25.1 Å². The first-order chi connectivity index (χ1) is 11.8. The molecule has 124 valence electrons. The molecule has 8 nitrogen and oxygen atoms in total. The van der Waals surface area contributed by atoms with Gasteiger partial charge in [0.2, 0.25) is 0 Å². The van der Waals surface area contributed by atoms with Crippen molar-refractivity contribution in [1.82, 2.24) is 30.3 Å². The van der Waals surface area contributed by atoms with Crippen LogP contribution in [0.3, 0.4) is 0 Å². The molecule has 3 heterocycles. The standard InChI is InChI=1S/C16H19N7O/c1-24-14-4-2-3-13-15(14)16(20-10-19-13)18-7-11-9-23(22-21-11)12-5-6-17-8-12/h2-4,9-10,12,17H,5-8H2,1H3,(H,18,19,20). The molecule has 0 spiro atoms. The van der Waals surface area contributed by atoms with Crippen molar-refractivity contribution in [3.8, 4) is 5.75 Å². The van der Waals surface area contributed by atoms with Gasteiger partial charge in [-0.1, -0.05) is 11.3 Å². The van der Waals surface area contributed by atoms with Crippen molar-refractivity contribution in [3.63, 3.8) is 0 Å². The Kier molecular flexibility index (Phi) is 3.96. The molecule has 24 heavy (non-hydrogen) atoms. The number of methoxy groups -OCH3 is 1. The van der Waals surface area contributed by atoms with Crippen LogP contribution in [0.2, 0.25) is 0 Å². The maximum atomic E-state index is 5.43. The van der Waals surface area contributed by atoms with E-state index in [0.717, 1.165) is 47.7 Å². The number of ether oxygens (including phenoxy) is 1. The Morgan fingerprint density at radius 2 is 2.33 bits per heavy atom. The predicted octanol–water partition coefficient (Wildman–Crippen LogP) is 1.38. The van der Waals surface area contributed by atoms with Crippen LogP contribution in [-0.4, -0.2) is 45.2 Å². The summed E-state index contributed by atoms with van der Waals surface area (Å²) in [5.41, 5.74) is 1.72. The van der Waals surface area contributed by atoms with Crippen molar-refractivity contribution in [2.24, 2.45) is 0 Å². The van der Waals surface area contributed by atoms with E-state index in [4.69, 9.17) is 4.74 Å². The lowest BCUT2D eigenvalue weighted by atomic mass is 10.2. The van der Waals surface area contributed by atoms with Gasteiger partial charge in [-0.15, -0.1) is 5.10 Å². The zero-order valence-corrected chi connectivity index (χ0v) is 13.4. The highest BCUT2D eigenvalue weighted by Gasteiger charge is 2.18. The lowest BCUT2D eigenvalue weighted by Gasteiger charge is -2.10. The van der Waals surface area contributed by atoms with E-state index in [1.54, 1.807) is 13.4 Å². The molecule has 1 unspecified atom stereocenters. The lowest BCUT2D eigenvalue weighted by molar-refractivity contribution is 0.420. The third-order valence-corrected chi connectivity index (χ3v) is 4.25. The van der Waals surface area contributed by atoms with Crippen molar-refractivity contribution in [3.05, 3.63) is 36.4 Å². The van der Waals surface area contributed by atoms with E-state index in [2.05, 4.69) is 30.9 Å². The molecule has 1 aromatic carbocycles. The van der Waals surface area contributed by atoms with Gasteiger partial charge in [-0.2, -0.15) is 0 Å². The second-order valence-electron chi connectivity index (χ2n) is 5.77. The number of hydrogen-bond acceptors (Lipinski definition) is 7. The van der Waals surface area contributed by atoms with Crippen LogP contribution in [0.25, 0.3) is 10.9 Å². The molecule has 3 aromatic rings. The second-order valence-corrected chi connectivity index (χ2v) is 5.77. The van der Waals surface area contributed by atoms with E-state index >= 15 is 0 Å². The molecular weight excluding hydrogens is 306 g/mol. The fraction of sp³-hybridized carbons (Fsp3) is 0.375. The number of anilines is 1. The summed E-state index contributed by atoms with van der Waals surface area (Å²) in [7, 11) is 1.65. The van der Waals surface area contributed by atoms with Crippen molar-refractivity contribution in [2.75, 3.05) is 25.5 Å². The normalized spacial score (nSPS) is 17.3. The molecule has 0 bridgehead atoms. The third kappa shape index (κ3) is 2.76. The first-order valence-electron chi connectivity index (χ1n) is 7.98. The Morgan fingerprint density at radius 1 is 1.38 bits per heavy atom. The second kappa shape index (κ2) is 6.40. The zero-order valence-electron chi connectivity index (χ0n) is 13.4. The average Bonchev–Trinajstić information content (AvgIpc) is 3.30. The van der Waals surface area contributed by atoms with E-state index < -0.39 is 0 Å². The Hall–Kier alpha value is -2.74. The highest BCUT2D eigenvalue weighted by molar-refractivity contribution is 5.94. The van der Waals surface area contributed by atoms with Gasteiger partial charge in [-0.3, -0.25) is 0 Å². The van der Waals surface area contributed by atoms with Crippen LogP contribution in [0.1, 0.15) is 18.2 Å². The van der Waals surface area contributed by atoms with E-state index in [1.165, 1.54) is 0 Å². The Morgan fingerprint density at radius 3 is 3.17 bits per heavy atom. The number of aromatic nitrogens is 5. The molecule has 2 aromatic heterocycles. The van der Waals surface area contributed by atoms with Crippen LogP contribution in [0, 0.1) is 0 Å². The maximum Gasteiger partial charge on any atom is 0.141 e. The van der Waals surface area contributed by atoms with Crippen molar-refractivity contribution < 1.29 is 4.74 Å². The Balaban J connectivity index is 1.55. The molecule has 1 saturated heterocycles. The highest BCUT2D eigenvalue weighted by Crippen LogP contribution is 2.29. The van der Waals surface area contributed by atoms with Gasteiger partial charge in [0.15, 0.2) is 0 Å². The van der Waals surface area contributed by atoms with Crippen molar-refractivity contribution in [2.45, 2.75) is 19.0 Å². The van der Waals surface area contributed by atoms with Crippen LogP contribution in [-0.2, 0) is 6.54 Å². The number of nitrogens with zero attached hydrogens (tertiary/aromatic N) is 5. The van der Waals surface area contributed by atoms with E-state index in [-0.39, 0.29) is 0 Å². The van der Waals surface area contributed by atoms with Gasteiger partial charge in [0.25, 0.3) is 0 Å². The summed E-state index contributed by atoms with van der Waals surface area (Å²) < 4.78 is 7.37. The number of rotatable bonds is 5. The van der Waals surface area contributed by atoms with Gasteiger partial charge in [0.1, 0.15) is 23.6 Å². The van der Waals surface area contributed by atoms with Gasteiger partial charge >= 0.3 is 0 Å². The number of hydrogen-bond donors (Lipinski definition) is 2. The largest absolute Gasteiger partial charge is 0.496 e. The van der Waals surface area contributed by atoms with Crippen LogP contribution in [0.4, 0.5) is 5.82 Å². The molecule has 0 aliphatic carbocycles. The minimum absolute atomic E-state index is 0.395. The minimum atomic E-state index is 0.395. The first-order valence-corrected chi connectivity index (χ1v) is 7.98. The van der Waals surface area contributed by atoms with Crippen LogP contribution in [0.5, 0.6) is 5.75 Å². The van der Waals surface area contributed by atoms with Gasteiger partial charge in [0.05, 0.1) is 36.8 Å². The maximum absolute atomic E-state index is 5.43. The monoisotopic (exact) mass is 325 g/mol. The summed E-state index contributed by atoms with van der Waals surface area (Å²) >= 11 is 0. The van der Waals surface area contributed by atoms with Crippen molar-refractivity contribution >= 4 is 16.7 Å². The van der Waals surface area contributed by atoms with E-state index in [0.29, 0.717) is 12.6 Å². The summed E-state index contributed by atoms with van der Waals surface area (Å²) in [6, 6.07) is 6.15. The topological polar surface area (TPSA) is 89.8 Å². The number of benzene rings is 1. The van der Waals surface area contributed by atoms with Gasteiger partial charge < -0.3 is 15.4 Å². The smallest absolute Gasteiger partial charge is 0.141 e. The molecule has 1 atom stereocenters. The molecule has 2 N–H and O–H groups in total.